The molecule has 2 heterocycles. The summed E-state index contributed by atoms with van der Waals surface area (Å²) in [7, 11) is 0. The van der Waals surface area contributed by atoms with Gasteiger partial charge in [-0.25, -0.2) is 9.78 Å². The van der Waals surface area contributed by atoms with Gasteiger partial charge in [0.25, 0.3) is 0 Å². The van der Waals surface area contributed by atoms with Gasteiger partial charge >= 0.3 is 5.97 Å². The first-order valence-corrected chi connectivity index (χ1v) is 8.79. The Morgan fingerprint density at radius 2 is 2.00 bits per heavy atom. The molecule has 0 spiro atoms. The molecule has 4 rings (SSSR count). The van der Waals surface area contributed by atoms with Crippen molar-refractivity contribution in [2.24, 2.45) is 5.41 Å². The van der Waals surface area contributed by atoms with Crippen LogP contribution in [0.4, 0.5) is 0 Å². The zero-order valence-corrected chi connectivity index (χ0v) is 14.4. The van der Waals surface area contributed by atoms with E-state index in [4.69, 9.17) is 0 Å². The van der Waals surface area contributed by atoms with Crippen LogP contribution in [0.1, 0.15) is 79.6 Å². The first-order chi connectivity index (χ1) is 10.2. The number of nitrogens with zero attached hydrogens (tertiary/aromatic N) is 2. The van der Waals surface area contributed by atoms with Gasteiger partial charge in [0.1, 0.15) is 0 Å². The van der Waals surface area contributed by atoms with Crippen LogP contribution in [-0.2, 0) is 11.8 Å². The van der Waals surface area contributed by atoms with Gasteiger partial charge in [0.15, 0.2) is 10.7 Å². The van der Waals surface area contributed by atoms with E-state index >= 15 is 0 Å². The number of imidazole rings is 1. The van der Waals surface area contributed by atoms with E-state index in [0.717, 1.165) is 36.3 Å². The third-order valence-corrected chi connectivity index (χ3v) is 6.40. The van der Waals surface area contributed by atoms with Crippen molar-refractivity contribution < 1.29 is 9.90 Å². The standard InChI is InChI=1S/C17H22N2O2S/c1-16(2)7-10-13(17(3,4)8-16)22-15-18-11(14(20)21)12(19(10)15)9-5-6-9/h9H,5-8H2,1-4H3,(H,20,21). The molecule has 0 aliphatic heterocycles. The fourth-order valence-corrected chi connectivity index (χ4v) is 5.61. The Hall–Kier alpha value is -1.36. The highest BCUT2D eigenvalue weighted by molar-refractivity contribution is 7.17. The van der Waals surface area contributed by atoms with Crippen LogP contribution in [0.5, 0.6) is 0 Å². The number of carbonyl (C=O) groups is 1. The van der Waals surface area contributed by atoms with Crippen LogP contribution in [-0.4, -0.2) is 20.5 Å². The SMILES string of the molecule is CC1(C)Cc2c(sc3nc(C(=O)O)c(C4CC4)n23)C(C)(C)C1. The van der Waals surface area contributed by atoms with E-state index < -0.39 is 5.97 Å². The van der Waals surface area contributed by atoms with Gasteiger partial charge < -0.3 is 5.11 Å². The number of hydrogen-bond acceptors (Lipinski definition) is 3. The van der Waals surface area contributed by atoms with Crippen molar-refractivity contribution in [1.29, 1.82) is 0 Å². The third-order valence-electron chi connectivity index (χ3n) is 4.96. The number of carboxylic acids is 1. The van der Waals surface area contributed by atoms with Crippen molar-refractivity contribution in [3.8, 4) is 0 Å². The fourth-order valence-electron chi connectivity index (χ4n) is 4.36. The Labute approximate surface area is 134 Å². The lowest BCUT2D eigenvalue weighted by Gasteiger charge is -2.40. The average Bonchev–Trinajstić information content (AvgIpc) is 3.01. The van der Waals surface area contributed by atoms with Crippen molar-refractivity contribution in [2.75, 3.05) is 0 Å². The minimum atomic E-state index is -0.888. The lowest BCUT2D eigenvalue weighted by Crippen LogP contribution is -2.34. The second-order valence-electron chi connectivity index (χ2n) is 8.32. The van der Waals surface area contributed by atoms with Gasteiger partial charge in [-0.05, 0) is 31.1 Å². The summed E-state index contributed by atoms with van der Waals surface area (Å²) in [5, 5.41) is 9.50. The van der Waals surface area contributed by atoms with E-state index in [0.29, 0.717) is 5.92 Å². The molecule has 0 radical (unpaired) electrons. The third kappa shape index (κ3) is 1.94. The normalized spacial score (nSPS) is 22.7. The van der Waals surface area contributed by atoms with Crippen LogP contribution >= 0.6 is 11.3 Å². The van der Waals surface area contributed by atoms with Crippen LogP contribution < -0.4 is 0 Å². The van der Waals surface area contributed by atoms with Crippen molar-refractivity contribution >= 4 is 22.3 Å². The predicted octanol–water partition coefficient (Wildman–Crippen LogP) is 4.22. The number of thiazole rings is 1. The Kier molecular flexibility index (Phi) is 2.68. The van der Waals surface area contributed by atoms with Gasteiger partial charge in [0.2, 0.25) is 0 Å². The van der Waals surface area contributed by atoms with Crippen molar-refractivity contribution in [3.63, 3.8) is 0 Å². The first kappa shape index (κ1) is 14.2. The topological polar surface area (TPSA) is 54.6 Å². The summed E-state index contributed by atoms with van der Waals surface area (Å²) in [6, 6.07) is 0. The molecule has 4 nitrogen and oxygen atoms in total. The molecule has 0 aromatic carbocycles. The van der Waals surface area contributed by atoms with E-state index in [9.17, 15) is 9.90 Å². The Bertz CT molecular complexity index is 793. The lowest BCUT2D eigenvalue weighted by atomic mass is 9.67. The minimum Gasteiger partial charge on any atom is -0.476 e. The van der Waals surface area contributed by atoms with Crippen LogP contribution in [0, 0.1) is 5.41 Å². The first-order valence-electron chi connectivity index (χ1n) is 7.97. The molecule has 1 fully saturated rings. The fraction of sp³-hybridized carbons (Fsp3) is 0.647. The van der Waals surface area contributed by atoms with Crippen LogP contribution in [0.2, 0.25) is 0 Å². The lowest BCUT2D eigenvalue weighted by molar-refractivity contribution is 0.0690. The van der Waals surface area contributed by atoms with Crippen molar-refractivity contribution in [2.45, 2.75) is 64.7 Å². The summed E-state index contributed by atoms with van der Waals surface area (Å²) >= 11 is 1.69. The van der Waals surface area contributed by atoms with E-state index in [-0.39, 0.29) is 16.5 Å². The zero-order valence-electron chi connectivity index (χ0n) is 13.6. The van der Waals surface area contributed by atoms with Gasteiger partial charge in [-0.3, -0.25) is 4.40 Å². The molecule has 1 N–H and O–H groups in total. The summed E-state index contributed by atoms with van der Waals surface area (Å²) in [6.07, 6.45) is 4.33. The van der Waals surface area contributed by atoms with Crippen LogP contribution in [0.15, 0.2) is 0 Å². The Morgan fingerprint density at radius 3 is 2.59 bits per heavy atom. The molecule has 2 aliphatic rings. The second-order valence-corrected chi connectivity index (χ2v) is 9.30. The average molecular weight is 318 g/mol. The quantitative estimate of drug-likeness (QED) is 0.902. The molecular formula is C17H22N2O2S. The molecule has 0 unspecified atom stereocenters. The molecule has 0 amide bonds. The molecule has 1 saturated carbocycles. The molecule has 2 aliphatic carbocycles. The Morgan fingerprint density at radius 1 is 1.32 bits per heavy atom. The molecule has 2 aromatic heterocycles. The highest BCUT2D eigenvalue weighted by atomic mass is 32.1. The number of aromatic nitrogens is 2. The minimum absolute atomic E-state index is 0.132. The maximum absolute atomic E-state index is 11.6. The largest absolute Gasteiger partial charge is 0.476 e. The number of hydrogen-bond donors (Lipinski definition) is 1. The van der Waals surface area contributed by atoms with Crippen molar-refractivity contribution in [3.05, 3.63) is 22.0 Å². The Balaban J connectivity index is 2.02. The molecule has 2 aromatic rings. The number of aromatic carboxylic acids is 1. The molecule has 22 heavy (non-hydrogen) atoms. The molecule has 5 heteroatoms. The van der Waals surface area contributed by atoms with Crippen molar-refractivity contribution in [1.82, 2.24) is 9.38 Å². The molecule has 0 atom stereocenters. The van der Waals surface area contributed by atoms with Crippen LogP contribution in [0.3, 0.4) is 0 Å². The van der Waals surface area contributed by atoms with Gasteiger partial charge in [-0.1, -0.05) is 27.7 Å². The maximum atomic E-state index is 11.6. The zero-order chi connectivity index (χ0) is 15.9. The van der Waals surface area contributed by atoms with Gasteiger partial charge in [0.05, 0.1) is 5.69 Å². The number of fused-ring (bicyclic) bond motifs is 3. The van der Waals surface area contributed by atoms with Crippen LogP contribution in [0.25, 0.3) is 4.96 Å². The molecule has 118 valence electrons. The summed E-state index contributed by atoms with van der Waals surface area (Å²) in [6.45, 7) is 9.23. The second kappa shape index (κ2) is 4.13. The highest BCUT2D eigenvalue weighted by Gasteiger charge is 2.43. The van der Waals surface area contributed by atoms with E-state index in [1.54, 1.807) is 11.3 Å². The molecule has 0 bridgehead atoms. The summed E-state index contributed by atoms with van der Waals surface area (Å²) in [5.41, 5.74) is 2.90. The number of carboxylic acid groups (broad SMARTS) is 1. The van der Waals surface area contributed by atoms with E-state index in [1.165, 1.54) is 10.6 Å². The van der Waals surface area contributed by atoms with E-state index in [2.05, 4.69) is 37.1 Å². The summed E-state index contributed by atoms with van der Waals surface area (Å²) in [4.78, 5) is 18.3. The highest BCUT2D eigenvalue weighted by Crippen LogP contribution is 2.51. The number of rotatable bonds is 2. The smallest absolute Gasteiger partial charge is 0.356 e. The predicted molar refractivity (Wildman–Crippen MR) is 87.1 cm³/mol. The van der Waals surface area contributed by atoms with E-state index in [1.807, 2.05) is 0 Å². The van der Waals surface area contributed by atoms with Gasteiger partial charge in [-0.15, -0.1) is 11.3 Å². The van der Waals surface area contributed by atoms with Gasteiger partial charge in [0, 0.05) is 21.9 Å². The molecular weight excluding hydrogens is 296 g/mol. The van der Waals surface area contributed by atoms with Gasteiger partial charge in [-0.2, -0.15) is 0 Å². The monoisotopic (exact) mass is 318 g/mol. The summed E-state index contributed by atoms with van der Waals surface area (Å²) in [5.74, 6) is -0.506. The maximum Gasteiger partial charge on any atom is 0.356 e. The summed E-state index contributed by atoms with van der Waals surface area (Å²) < 4.78 is 2.20. The molecule has 0 saturated heterocycles.